The minimum atomic E-state index is -0.767. The normalized spacial score (nSPS) is 15.4. The first kappa shape index (κ1) is 24.3. The number of carbonyl (C=O) groups is 4. The van der Waals surface area contributed by atoms with E-state index in [0.717, 1.165) is 16.5 Å². The number of aromatic amines is 1. The molecule has 182 valence electrons. The van der Waals surface area contributed by atoms with Crippen LogP contribution in [0.25, 0.3) is 10.9 Å². The lowest BCUT2D eigenvalue weighted by molar-refractivity contribution is -0.127. The van der Waals surface area contributed by atoms with Crippen LogP contribution in [0.15, 0.2) is 48.7 Å². The maximum atomic E-state index is 12.8. The zero-order valence-electron chi connectivity index (χ0n) is 19.1. The van der Waals surface area contributed by atoms with Crippen LogP contribution < -0.4 is 10.6 Å². The maximum absolute atomic E-state index is 12.8. The summed E-state index contributed by atoms with van der Waals surface area (Å²) < 4.78 is 4.96. The van der Waals surface area contributed by atoms with Gasteiger partial charge in [-0.25, -0.2) is 9.59 Å². The predicted octanol–water partition coefficient (Wildman–Crippen LogP) is 3.88. The number of halogens is 1. The highest BCUT2D eigenvalue weighted by Gasteiger charge is 2.37. The molecule has 0 saturated carbocycles. The van der Waals surface area contributed by atoms with Crippen molar-refractivity contribution in [3.05, 3.63) is 64.8 Å². The monoisotopic (exact) mass is 496 g/mol. The molecule has 9 nitrogen and oxygen atoms in total. The van der Waals surface area contributed by atoms with E-state index in [1.807, 2.05) is 18.3 Å². The Kier molecular flexibility index (Phi) is 7.36. The van der Waals surface area contributed by atoms with Crippen molar-refractivity contribution in [2.75, 3.05) is 18.5 Å². The number of fused-ring (bicyclic) bond motifs is 1. The van der Waals surface area contributed by atoms with E-state index in [1.54, 1.807) is 31.2 Å². The molecule has 1 aliphatic heterocycles. The summed E-state index contributed by atoms with van der Waals surface area (Å²) in [6, 6.07) is 10.7. The fraction of sp³-hybridized carbons (Fsp3) is 0.280. The number of nitrogens with zero attached hydrogens (tertiary/aromatic N) is 1. The van der Waals surface area contributed by atoms with Crippen LogP contribution in [-0.2, 0) is 20.7 Å². The first-order valence-corrected chi connectivity index (χ1v) is 11.7. The minimum Gasteiger partial charge on any atom is -0.462 e. The second-order valence-electron chi connectivity index (χ2n) is 8.13. The van der Waals surface area contributed by atoms with Crippen LogP contribution in [0.1, 0.15) is 35.7 Å². The van der Waals surface area contributed by atoms with Crippen LogP contribution in [0.4, 0.5) is 10.5 Å². The average molecular weight is 497 g/mol. The lowest BCUT2D eigenvalue weighted by Gasteiger charge is -2.13. The molecular formula is C25H25ClN4O5. The second kappa shape index (κ2) is 10.6. The summed E-state index contributed by atoms with van der Waals surface area (Å²) in [6.45, 7) is 2.18. The number of hydrogen-bond acceptors (Lipinski definition) is 5. The Morgan fingerprint density at radius 1 is 1.17 bits per heavy atom. The molecule has 0 spiro atoms. The van der Waals surface area contributed by atoms with E-state index in [1.165, 1.54) is 11.0 Å². The van der Waals surface area contributed by atoms with Crippen LogP contribution in [0, 0.1) is 0 Å². The maximum Gasteiger partial charge on any atom is 0.338 e. The third-order valence-electron chi connectivity index (χ3n) is 5.76. The number of carbonyl (C=O) groups excluding carboxylic acids is 4. The Bertz CT molecular complexity index is 1290. The molecule has 1 aromatic heterocycles. The van der Waals surface area contributed by atoms with Gasteiger partial charge in [0.1, 0.15) is 6.04 Å². The number of nitrogens with one attached hydrogen (secondary N) is 3. The molecule has 4 rings (SSSR count). The number of H-pyrrole nitrogens is 1. The number of hydrogen-bond donors (Lipinski definition) is 3. The molecule has 0 bridgehead atoms. The molecule has 0 aliphatic carbocycles. The van der Waals surface area contributed by atoms with Gasteiger partial charge in [-0.2, -0.15) is 0 Å². The number of rotatable bonds is 9. The lowest BCUT2D eigenvalue weighted by atomic mass is 10.1. The molecule has 0 radical (unpaired) electrons. The van der Waals surface area contributed by atoms with E-state index in [-0.39, 0.29) is 37.8 Å². The lowest BCUT2D eigenvalue weighted by Crippen LogP contribution is -2.33. The van der Waals surface area contributed by atoms with Crippen molar-refractivity contribution >= 4 is 52.0 Å². The van der Waals surface area contributed by atoms with Crippen molar-refractivity contribution in [3.63, 3.8) is 0 Å². The molecule has 3 N–H and O–H groups in total. The fourth-order valence-electron chi connectivity index (χ4n) is 4.01. The van der Waals surface area contributed by atoms with Gasteiger partial charge in [0.15, 0.2) is 0 Å². The molecule has 1 atom stereocenters. The average Bonchev–Trinajstić information content (AvgIpc) is 3.35. The summed E-state index contributed by atoms with van der Waals surface area (Å²) in [7, 11) is 0. The molecule has 4 amide bonds. The van der Waals surface area contributed by atoms with Crippen LogP contribution in [-0.4, -0.2) is 52.9 Å². The predicted molar refractivity (Wildman–Crippen MR) is 131 cm³/mol. The molecule has 3 aromatic rings. The number of aromatic nitrogens is 1. The van der Waals surface area contributed by atoms with Crippen molar-refractivity contribution < 1.29 is 23.9 Å². The summed E-state index contributed by atoms with van der Waals surface area (Å²) in [5, 5.41) is 6.92. The summed E-state index contributed by atoms with van der Waals surface area (Å²) in [6.07, 6.45) is 2.50. The minimum absolute atomic E-state index is 0.0229. The summed E-state index contributed by atoms with van der Waals surface area (Å²) in [4.78, 5) is 53.8. The molecule has 10 heteroatoms. The SMILES string of the molecule is CCOC(=O)c1cccc(NC(=O)CC[C@H]2NC(=O)N(CCc3c[nH]c4ccc(Cl)cc34)C2=O)c1. The number of imide groups is 1. The van der Waals surface area contributed by atoms with Crippen molar-refractivity contribution in [2.45, 2.75) is 32.2 Å². The van der Waals surface area contributed by atoms with Gasteiger partial charge in [0, 0.05) is 40.8 Å². The Hall–Kier alpha value is -3.85. The summed E-state index contributed by atoms with van der Waals surface area (Å²) >= 11 is 6.09. The molecule has 1 aliphatic rings. The molecule has 0 unspecified atom stereocenters. The molecule has 2 aromatic carbocycles. The van der Waals surface area contributed by atoms with Gasteiger partial charge in [0.2, 0.25) is 5.91 Å². The van der Waals surface area contributed by atoms with Gasteiger partial charge in [-0.3, -0.25) is 14.5 Å². The number of amides is 4. The molecule has 2 heterocycles. The van der Waals surface area contributed by atoms with E-state index in [0.29, 0.717) is 22.7 Å². The van der Waals surface area contributed by atoms with Gasteiger partial charge in [0.25, 0.3) is 5.91 Å². The van der Waals surface area contributed by atoms with Gasteiger partial charge < -0.3 is 20.4 Å². The van der Waals surface area contributed by atoms with Crippen molar-refractivity contribution in [2.24, 2.45) is 0 Å². The quantitative estimate of drug-likeness (QED) is 0.306. The Morgan fingerprint density at radius 2 is 2.00 bits per heavy atom. The van der Waals surface area contributed by atoms with E-state index in [2.05, 4.69) is 15.6 Å². The third kappa shape index (κ3) is 5.63. The van der Waals surface area contributed by atoms with Gasteiger partial charge in [-0.1, -0.05) is 17.7 Å². The molecule has 1 saturated heterocycles. The smallest absolute Gasteiger partial charge is 0.338 e. The largest absolute Gasteiger partial charge is 0.462 e. The van der Waals surface area contributed by atoms with Crippen molar-refractivity contribution in [3.8, 4) is 0 Å². The molecule has 1 fully saturated rings. The number of benzene rings is 2. The van der Waals surface area contributed by atoms with Crippen molar-refractivity contribution in [1.29, 1.82) is 0 Å². The fourth-order valence-corrected chi connectivity index (χ4v) is 4.18. The topological polar surface area (TPSA) is 121 Å². The highest BCUT2D eigenvalue weighted by atomic mass is 35.5. The van der Waals surface area contributed by atoms with E-state index in [9.17, 15) is 19.2 Å². The van der Waals surface area contributed by atoms with Gasteiger partial charge in [-0.15, -0.1) is 0 Å². The third-order valence-corrected chi connectivity index (χ3v) is 5.99. The molecule has 35 heavy (non-hydrogen) atoms. The zero-order chi connectivity index (χ0) is 24.9. The second-order valence-corrected chi connectivity index (χ2v) is 8.57. The standard InChI is InChI=1S/C25H25ClN4O5/c1-2-35-24(33)15-4-3-5-18(12-15)28-22(31)9-8-21-23(32)30(25(34)29-21)11-10-16-14-27-20-7-6-17(26)13-19(16)20/h3-7,12-14,21,27H,2,8-11H2,1H3,(H,28,31)(H,29,34)/t21-/m1/s1. The number of anilines is 1. The van der Waals surface area contributed by atoms with Gasteiger partial charge in [-0.05, 0) is 61.7 Å². The van der Waals surface area contributed by atoms with E-state index in [4.69, 9.17) is 16.3 Å². The van der Waals surface area contributed by atoms with Crippen LogP contribution >= 0.6 is 11.6 Å². The first-order valence-electron chi connectivity index (χ1n) is 11.3. The number of urea groups is 1. The Balaban J connectivity index is 1.30. The highest BCUT2D eigenvalue weighted by molar-refractivity contribution is 6.31. The first-order chi connectivity index (χ1) is 16.9. The van der Waals surface area contributed by atoms with Gasteiger partial charge >= 0.3 is 12.0 Å². The van der Waals surface area contributed by atoms with Crippen LogP contribution in [0.2, 0.25) is 5.02 Å². The molecular weight excluding hydrogens is 472 g/mol. The summed E-state index contributed by atoms with van der Waals surface area (Å²) in [5.41, 5.74) is 2.66. The Morgan fingerprint density at radius 3 is 2.80 bits per heavy atom. The van der Waals surface area contributed by atoms with Crippen LogP contribution in [0.3, 0.4) is 0 Å². The van der Waals surface area contributed by atoms with E-state index < -0.39 is 18.0 Å². The number of esters is 1. The van der Waals surface area contributed by atoms with Crippen LogP contribution in [0.5, 0.6) is 0 Å². The zero-order valence-corrected chi connectivity index (χ0v) is 19.9. The number of ether oxygens (including phenoxy) is 1. The summed E-state index contributed by atoms with van der Waals surface area (Å²) in [5.74, 6) is -1.16. The highest BCUT2D eigenvalue weighted by Crippen LogP contribution is 2.23. The van der Waals surface area contributed by atoms with Gasteiger partial charge in [0.05, 0.1) is 12.2 Å². The van der Waals surface area contributed by atoms with E-state index >= 15 is 0 Å². The van der Waals surface area contributed by atoms with Crippen molar-refractivity contribution in [1.82, 2.24) is 15.2 Å². The Labute approximate surface area is 206 Å².